The van der Waals surface area contributed by atoms with Crippen LogP contribution in [0.25, 0.3) is 0 Å². The Morgan fingerprint density at radius 1 is 1.32 bits per heavy atom. The summed E-state index contributed by atoms with van der Waals surface area (Å²) in [5.74, 6) is 0.142. The minimum absolute atomic E-state index is 0.142. The minimum atomic E-state index is 0.142. The standard InChI is InChI=1S/C13H18N4OS/c1-10(18)16-5-2-6-17(8-7-16)11-3-4-12(13(14)19)15-9-11/h3-4,9H,2,5-8H2,1H3,(H2,14,19). The smallest absolute Gasteiger partial charge is 0.219 e. The third kappa shape index (κ3) is 3.41. The fourth-order valence-corrected chi connectivity index (χ4v) is 2.33. The predicted octanol–water partition coefficient (Wildman–Crippen LogP) is 0.774. The summed E-state index contributed by atoms with van der Waals surface area (Å²) in [7, 11) is 0. The molecule has 2 heterocycles. The zero-order chi connectivity index (χ0) is 13.8. The van der Waals surface area contributed by atoms with Crippen molar-refractivity contribution in [2.45, 2.75) is 13.3 Å². The molecule has 0 unspecified atom stereocenters. The van der Waals surface area contributed by atoms with E-state index < -0.39 is 0 Å². The Morgan fingerprint density at radius 3 is 2.68 bits per heavy atom. The second-order valence-corrected chi connectivity index (χ2v) is 5.05. The number of hydrogen-bond acceptors (Lipinski definition) is 4. The molecule has 1 aliphatic rings. The molecule has 102 valence electrons. The van der Waals surface area contributed by atoms with Crippen LogP contribution in [-0.2, 0) is 4.79 Å². The van der Waals surface area contributed by atoms with Crippen LogP contribution in [0, 0.1) is 0 Å². The van der Waals surface area contributed by atoms with Crippen LogP contribution in [0.4, 0.5) is 5.69 Å². The van der Waals surface area contributed by atoms with E-state index in [9.17, 15) is 4.79 Å². The van der Waals surface area contributed by atoms with Crippen molar-refractivity contribution in [3.05, 3.63) is 24.0 Å². The van der Waals surface area contributed by atoms with Crippen molar-refractivity contribution >= 4 is 28.8 Å². The maximum atomic E-state index is 11.4. The summed E-state index contributed by atoms with van der Waals surface area (Å²) < 4.78 is 0. The first-order valence-corrected chi connectivity index (χ1v) is 6.75. The molecular weight excluding hydrogens is 260 g/mol. The summed E-state index contributed by atoms with van der Waals surface area (Å²) in [6.07, 6.45) is 2.76. The molecule has 0 atom stereocenters. The molecule has 6 heteroatoms. The summed E-state index contributed by atoms with van der Waals surface area (Å²) in [5.41, 5.74) is 7.21. The topological polar surface area (TPSA) is 62.5 Å². The van der Waals surface area contributed by atoms with E-state index in [1.54, 1.807) is 13.1 Å². The van der Waals surface area contributed by atoms with Gasteiger partial charge in [-0.3, -0.25) is 9.78 Å². The second kappa shape index (κ2) is 5.97. The number of nitrogens with two attached hydrogens (primary N) is 1. The van der Waals surface area contributed by atoms with Gasteiger partial charge in [0.2, 0.25) is 5.91 Å². The lowest BCUT2D eigenvalue weighted by molar-refractivity contribution is -0.128. The van der Waals surface area contributed by atoms with Crippen LogP contribution < -0.4 is 10.6 Å². The van der Waals surface area contributed by atoms with Gasteiger partial charge in [-0.1, -0.05) is 12.2 Å². The Bertz CT molecular complexity index is 474. The van der Waals surface area contributed by atoms with E-state index in [0.29, 0.717) is 10.7 Å². The molecule has 1 amide bonds. The summed E-state index contributed by atoms with van der Waals surface area (Å²) in [4.78, 5) is 20.1. The monoisotopic (exact) mass is 278 g/mol. The number of rotatable bonds is 2. The van der Waals surface area contributed by atoms with Crippen molar-refractivity contribution in [3.8, 4) is 0 Å². The summed E-state index contributed by atoms with van der Waals surface area (Å²) in [6.45, 7) is 4.95. The molecular formula is C13H18N4OS. The van der Waals surface area contributed by atoms with Crippen molar-refractivity contribution in [1.82, 2.24) is 9.88 Å². The maximum Gasteiger partial charge on any atom is 0.219 e. The SMILES string of the molecule is CC(=O)N1CCCN(c2ccc(C(N)=S)nc2)CC1. The normalized spacial score (nSPS) is 16.1. The first-order valence-electron chi connectivity index (χ1n) is 6.34. The maximum absolute atomic E-state index is 11.4. The highest BCUT2D eigenvalue weighted by Gasteiger charge is 2.16. The van der Waals surface area contributed by atoms with Gasteiger partial charge in [0.25, 0.3) is 0 Å². The molecule has 0 radical (unpaired) electrons. The van der Waals surface area contributed by atoms with E-state index in [-0.39, 0.29) is 5.91 Å². The van der Waals surface area contributed by atoms with Crippen LogP contribution in [0.15, 0.2) is 18.3 Å². The fourth-order valence-electron chi connectivity index (χ4n) is 2.21. The Labute approximate surface area is 118 Å². The lowest BCUT2D eigenvalue weighted by Crippen LogP contribution is -2.33. The summed E-state index contributed by atoms with van der Waals surface area (Å²) in [6, 6.07) is 3.82. The van der Waals surface area contributed by atoms with Gasteiger partial charge in [-0.2, -0.15) is 0 Å². The number of aromatic nitrogens is 1. The zero-order valence-corrected chi connectivity index (χ0v) is 11.8. The van der Waals surface area contributed by atoms with Gasteiger partial charge in [0.1, 0.15) is 4.99 Å². The number of carbonyl (C=O) groups is 1. The largest absolute Gasteiger partial charge is 0.388 e. The molecule has 0 bridgehead atoms. The van der Waals surface area contributed by atoms with E-state index in [1.165, 1.54) is 0 Å². The summed E-state index contributed by atoms with van der Waals surface area (Å²) >= 11 is 4.89. The van der Waals surface area contributed by atoms with Crippen molar-refractivity contribution in [2.75, 3.05) is 31.1 Å². The first kappa shape index (κ1) is 13.7. The average Bonchev–Trinajstić information content (AvgIpc) is 2.64. The molecule has 1 aromatic rings. The lowest BCUT2D eigenvalue weighted by Gasteiger charge is -2.23. The molecule has 2 rings (SSSR count). The van der Waals surface area contributed by atoms with E-state index in [4.69, 9.17) is 18.0 Å². The molecule has 0 aliphatic carbocycles. The Hall–Kier alpha value is -1.69. The van der Waals surface area contributed by atoms with E-state index in [0.717, 1.165) is 38.3 Å². The highest BCUT2D eigenvalue weighted by atomic mass is 32.1. The summed E-state index contributed by atoms with van der Waals surface area (Å²) in [5, 5.41) is 0. The van der Waals surface area contributed by atoms with Crippen LogP contribution in [0.1, 0.15) is 19.0 Å². The van der Waals surface area contributed by atoms with Crippen molar-refractivity contribution in [2.24, 2.45) is 5.73 Å². The minimum Gasteiger partial charge on any atom is -0.388 e. The Morgan fingerprint density at radius 2 is 2.11 bits per heavy atom. The lowest BCUT2D eigenvalue weighted by atomic mass is 10.3. The Kier molecular flexibility index (Phi) is 4.31. The van der Waals surface area contributed by atoms with Crippen LogP contribution in [0.2, 0.25) is 0 Å². The molecule has 0 aromatic carbocycles. The van der Waals surface area contributed by atoms with E-state index >= 15 is 0 Å². The van der Waals surface area contributed by atoms with Crippen LogP contribution in [0.5, 0.6) is 0 Å². The molecule has 1 fully saturated rings. The number of pyridine rings is 1. The second-order valence-electron chi connectivity index (χ2n) is 4.61. The zero-order valence-electron chi connectivity index (χ0n) is 11.0. The van der Waals surface area contributed by atoms with E-state index in [2.05, 4.69) is 9.88 Å². The first-order chi connectivity index (χ1) is 9.08. The quantitative estimate of drug-likeness (QED) is 0.810. The van der Waals surface area contributed by atoms with Crippen molar-refractivity contribution in [1.29, 1.82) is 0 Å². The van der Waals surface area contributed by atoms with Crippen molar-refractivity contribution in [3.63, 3.8) is 0 Å². The number of hydrogen-bond donors (Lipinski definition) is 1. The third-order valence-electron chi connectivity index (χ3n) is 3.31. The van der Waals surface area contributed by atoms with Gasteiger partial charge >= 0.3 is 0 Å². The van der Waals surface area contributed by atoms with Gasteiger partial charge in [-0.15, -0.1) is 0 Å². The number of anilines is 1. The third-order valence-corrected chi connectivity index (χ3v) is 3.52. The molecule has 1 aliphatic heterocycles. The molecule has 0 spiro atoms. The number of carbonyl (C=O) groups excluding carboxylic acids is 1. The number of amides is 1. The van der Waals surface area contributed by atoms with Gasteiger partial charge in [0.05, 0.1) is 17.6 Å². The molecule has 2 N–H and O–H groups in total. The van der Waals surface area contributed by atoms with Gasteiger partial charge in [0, 0.05) is 33.1 Å². The highest BCUT2D eigenvalue weighted by Crippen LogP contribution is 2.15. The predicted molar refractivity (Wildman–Crippen MR) is 79.2 cm³/mol. The van der Waals surface area contributed by atoms with Gasteiger partial charge in [0.15, 0.2) is 0 Å². The molecule has 1 saturated heterocycles. The Balaban J connectivity index is 2.05. The average molecular weight is 278 g/mol. The fraction of sp³-hybridized carbons (Fsp3) is 0.462. The number of thiocarbonyl (C=S) groups is 1. The molecule has 1 aromatic heterocycles. The highest BCUT2D eigenvalue weighted by molar-refractivity contribution is 7.80. The van der Waals surface area contributed by atoms with Gasteiger partial charge in [-0.25, -0.2) is 0 Å². The van der Waals surface area contributed by atoms with Gasteiger partial charge < -0.3 is 15.5 Å². The van der Waals surface area contributed by atoms with E-state index in [1.807, 2.05) is 17.0 Å². The molecule has 5 nitrogen and oxygen atoms in total. The van der Waals surface area contributed by atoms with Crippen LogP contribution in [-0.4, -0.2) is 47.0 Å². The van der Waals surface area contributed by atoms with Crippen LogP contribution >= 0.6 is 12.2 Å². The molecule has 0 saturated carbocycles. The number of nitrogens with zero attached hydrogens (tertiary/aromatic N) is 3. The van der Waals surface area contributed by atoms with Crippen LogP contribution in [0.3, 0.4) is 0 Å². The molecule has 19 heavy (non-hydrogen) atoms. The van der Waals surface area contributed by atoms with Crippen molar-refractivity contribution < 1.29 is 4.79 Å². The van der Waals surface area contributed by atoms with Gasteiger partial charge in [-0.05, 0) is 18.6 Å².